The molecule has 25 heavy (non-hydrogen) atoms. The summed E-state index contributed by atoms with van der Waals surface area (Å²) in [4.78, 5) is 19.2. The van der Waals surface area contributed by atoms with Gasteiger partial charge in [0.15, 0.2) is 0 Å². The molecule has 2 aromatic rings. The molecule has 0 radical (unpaired) electrons. The number of benzene rings is 1. The molecule has 4 heteroatoms. The summed E-state index contributed by atoms with van der Waals surface area (Å²) in [6.07, 6.45) is 7.47. The Balaban J connectivity index is 1.60. The van der Waals surface area contributed by atoms with Crippen LogP contribution in [-0.2, 0) is 0 Å². The molecule has 4 nitrogen and oxygen atoms in total. The minimum atomic E-state index is 0.109. The van der Waals surface area contributed by atoms with Crippen molar-refractivity contribution in [2.75, 3.05) is 12.3 Å². The number of carbonyl (C=O) groups excluding carboxylic acids is 1. The first kappa shape index (κ1) is 16.1. The van der Waals surface area contributed by atoms with Crippen molar-refractivity contribution in [1.29, 1.82) is 0 Å². The van der Waals surface area contributed by atoms with Crippen LogP contribution in [-0.4, -0.2) is 28.4 Å². The van der Waals surface area contributed by atoms with Gasteiger partial charge in [0.25, 0.3) is 5.91 Å². The highest BCUT2D eigenvalue weighted by atomic mass is 16.2. The Hall–Kier alpha value is -2.36. The summed E-state index contributed by atoms with van der Waals surface area (Å²) in [7, 11) is 0. The minimum Gasteiger partial charge on any atom is -0.384 e. The maximum absolute atomic E-state index is 13.1. The molecule has 1 saturated carbocycles. The van der Waals surface area contributed by atoms with E-state index in [4.69, 9.17) is 5.73 Å². The third kappa shape index (κ3) is 3.13. The number of hydrogen-bond donors (Lipinski definition) is 1. The molecule has 3 atom stereocenters. The van der Waals surface area contributed by atoms with Crippen LogP contribution in [0, 0.1) is 5.92 Å². The molecule has 1 aliphatic carbocycles. The number of nitrogens with two attached hydrogens (primary N) is 1. The Morgan fingerprint density at radius 2 is 1.88 bits per heavy atom. The fourth-order valence-electron chi connectivity index (χ4n) is 4.77. The predicted molar refractivity (Wildman–Crippen MR) is 99.2 cm³/mol. The third-order valence-electron chi connectivity index (χ3n) is 5.90. The van der Waals surface area contributed by atoms with E-state index < -0.39 is 0 Å². The number of anilines is 1. The molecule has 2 N–H and O–H groups in total. The number of rotatable bonds is 2. The first-order valence-electron chi connectivity index (χ1n) is 9.31. The number of amides is 1. The quantitative estimate of drug-likeness (QED) is 0.907. The molecule has 130 valence electrons. The fourth-order valence-corrected chi connectivity index (χ4v) is 4.77. The number of pyridine rings is 1. The highest BCUT2D eigenvalue weighted by Crippen LogP contribution is 2.44. The highest BCUT2D eigenvalue weighted by Gasteiger charge is 2.41. The zero-order valence-electron chi connectivity index (χ0n) is 14.5. The van der Waals surface area contributed by atoms with Crippen LogP contribution in [0.5, 0.6) is 0 Å². The van der Waals surface area contributed by atoms with E-state index in [2.05, 4.69) is 40.2 Å². The van der Waals surface area contributed by atoms with Gasteiger partial charge in [-0.25, -0.2) is 4.98 Å². The van der Waals surface area contributed by atoms with Gasteiger partial charge >= 0.3 is 0 Å². The van der Waals surface area contributed by atoms with Crippen molar-refractivity contribution in [1.82, 2.24) is 9.88 Å². The Bertz CT molecular complexity index is 746. The summed E-state index contributed by atoms with van der Waals surface area (Å²) in [6, 6.07) is 14.6. The summed E-state index contributed by atoms with van der Waals surface area (Å²) in [6.45, 7) is 0.821. The van der Waals surface area contributed by atoms with Gasteiger partial charge in [0.05, 0.1) is 0 Å². The summed E-state index contributed by atoms with van der Waals surface area (Å²) < 4.78 is 0. The Labute approximate surface area is 149 Å². The van der Waals surface area contributed by atoms with Gasteiger partial charge in [0, 0.05) is 24.3 Å². The SMILES string of the molecule is Nc1cc(C(=O)N2CC[C@H](c3ccccc3)[C@H]3CCCC[C@H]32)ccn1. The maximum atomic E-state index is 13.1. The van der Waals surface area contributed by atoms with E-state index >= 15 is 0 Å². The first-order chi connectivity index (χ1) is 12.2. The van der Waals surface area contributed by atoms with Crippen LogP contribution in [0.2, 0.25) is 0 Å². The molecular formula is C21H25N3O. The largest absolute Gasteiger partial charge is 0.384 e. The molecule has 0 bridgehead atoms. The number of aromatic nitrogens is 1. The summed E-state index contributed by atoms with van der Waals surface area (Å²) in [5, 5.41) is 0. The van der Waals surface area contributed by atoms with Crippen molar-refractivity contribution < 1.29 is 4.79 Å². The van der Waals surface area contributed by atoms with Crippen LogP contribution in [0.15, 0.2) is 48.7 Å². The molecule has 0 unspecified atom stereocenters. The van der Waals surface area contributed by atoms with E-state index in [-0.39, 0.29) is 5.91 Å². The first-order valence-corrected chi connectivity index (χ1v) is 9.31. The van der Waals surface area contributed by atoms with Crippen LogP contribution >= 0.6 is 0 Å². The van der Waals surface area contributed by atoms with Crippen LogP contribution in [0.4, 0.5) is 5.82 Å². The number of piperidine rings is 1. The Morgan fingerprint density at radius 3 is 2.68 bits per heavy atom. The van der Waals surface area contributed by atoms with Crippen LogP contribution in [0.25, 0.3) is 0 Å². The van der Waals surface area contributed by atoms with Crippen molar-refractivity contribution in [2.45, 2.75) is 44.1 Å². The Morgan fingerprint density at radius 1 is 1.08 bits per heavy atom. The number of fused-ring (bicyclic) bond motifs is 1. The smallest absolute Gasteiger partial charge is 0.254 e. The van der Waals surface area contributed by atoms with E-state index in [1.807, 2.05) is 0 Å². The molecule has 4 rings (SSSR count). The number of carbonyl (C=O) groups is 1. The van der Waals surface area contributed by atoms with Crippen molar-refractivity contribution in [2.24, 2.45) is 5.92 Å². The van der Waals surface area contributed by atoms with Crippen molar-refractivity contribution in [3.05, 3.63) is 59.8 Å². The molecule has 1 aromatic carbocycles. The number of nitrogens with zero attached hydrogens (tertiary/aromatic N) is 2. The van der Waals surface area contributed by atoms with E-state index in [1.165, 1.54) is 24.8 Å². The van der Waals surface area contributed by atoms with Crippen molar-refractivity contribution in [3.8, 4) is 0 Å². The molecule has 1 saturated heterocycles. The lowest BCUT2D eigenvalue weighted by Gasteiger charge is -2.48. The molecule has 0 spiro atoms. The molecule has 1 aliphatic heterocycles. The second-order valence-corrected chi connectivity index (χ2v) is 7.29. The van der Waals surface area contributed by atoms with E-state index in [0.29, 0.717) is 29.3 Å². The van der Waals surface area contributed by atoms with Gasteiger partial charge in [-0.1, -0.05) is 43.2 Å². The van der Waals surface area contributed by atoms with E-state index in [0.717, 1.165) is 19.4 Å². The second-order valence-electron chi connectivity index (χ2n) is 7.29. The summed E-state index contributed by atoms with van der Waals surface area (Å²) >= 11 is 0. The minimum absolute atomic E-state index is 0.109. The van der Waals surface area contributed by atoms with E-state index in [1.54, 1.807) is 18.3 Å². The van der Waals surface area contributed by atoms with Gasteiger partial charge in [0.1, 0.15) is 5.82 Å². The summed E-state index contributed by atoms with van der Waals surface area (Å²) in [5.74, 6) is 1.65. The number of nitrogen functional groups attached to an aromatic ring is 1. The number of hydrogen-bond acceptors (Lipinski definition) is 3. The van der Waals surface area contributed by atoms with Crippen molar-refractivity contribution >= 4 is 11.7 Å². The normalized spacial score (nSPS) is 26.1. The third-order valence-corrected chi connectivity index (χ3v) is 5.90. The molecule has 1 aromatic heterocycles. The van der Waals surface area contributed by atoms with Crippen molar-refractivity contribution in [3.63, 3.8) is 0 Å². The van der Waals surface area contributed by atoms with Gasteiger partial charge < -0.3 is 10.6 Å². The van der Waals surface area contributed by atoms with Gasteiger partial charge in [-0.2, -0.15) is 0 Å². The average molecular weight is 335 g/mol. The molecule has 2 heterocycles. The topological polar surface area (TPSA) is 59.2 Å². The lowest BCUT2D eigenvalue weighted by atomic mass is 9.69. The van der Waals surface area contributed by atoms with Gasteiger partial charge in [-0.15, -0.1) is 0 Å². The monoisotopic (exact) mass is 335 g/mol. The zero-order valence-corrected chi connectivity index (χ0v) is 14.5. The molecule has 2 aliphatic rings. The Kier molecular flexibility index (Phi) is 4.43. The molecule has 1 amide bonds. The maximum Gasteiger partial charge on any atom is 0.254 e. The highest BCUT2D eigenvalue weighted by molar-refractivity contribution is 5.95. The van der Waals surface area contributed by atoms with E-state index in [9.17, 15) is 4.79 Å². The van der Waals surface area contributed by atoms with Gasteiger partial charge in [-0.05, 0) is 48.8 Å². The van der Waals surface area contributed by atoms with Gasteiger partial charge in [0.2, 0.25) is 0 Å². The lowest BCUT2D eigenvalue weighted by Crippen LogP contribution is -2.52. The lowest BCUT2D eigenvalue weighted by molar-refractivity contribution is 0.0319. The second kappa shape index (κ2) is 6.87. The number of likely N-dealkylation sites (tertiary alicyclic amines) is 1. The molecular weight excluding hydrogens is 310 g/mol. The van der Waals surface area contributed by atoms with Gasteiger partial charge in [-0.3, -0.25) is 4.79 Å². The van der Waals surface area contributed by atoms with Crippen LogP contribution in [0.3, 0.4) is 0 Å². The fraction of sp³-hybridized carbons (Fsp3) is 0.429. The van der Waals surface area contributed by atoms with Crippen LogP contribution < -0.4 is 5.73 Å². The summed E-state index contributed by atoms with van der Waals surface area (Å²) in [5.41, 5.74) is 7.87. The zero-order chi connectivity index (χ0) is 17.2. The van der Waals surface area contributed by atoms with Crippen LogP contribution in [0.1, 0.15) is 53.9 Å². The predicted octanol–water partition coefficient (Wildman–Crippen LogP) is 3.85. The molecule has 2 fully saturated rings. The average Bonchev–Trinajstić information content (AvgIpc) is 2.67. The standard InChI is InChI=1S/C21H25N3O/c22-20-14-16(10-12-23-20)21(25)24-13-11-17(15-6-2-1-3-7-15)18-8-4-5-9-19(18)24/h1-3,6-7,10,12,14,17-19H,4-5,8-9,11,13H2,(H2,22,23)/t17-,18-,19-/m1/s1.